The minimum atomic E-state index is 0. The predicted molar refractivity (Wildman–Crippen MR) is 122 cm³/mol. The third-order valence-corrected chi connectivity index (χ3v) is 5.13. The van der Waals surface area contributed by atoms with Gasteiger partial charge in [-0.1, -0.05) is 69.7 Å². The second-order valence-electron chi connectivity index (χ2n) is 12.2. The van der Waals surface area contributed by atoms with Crippen LogP contribution in [0.25, 0.3) is 0 Å². The number of rotatable bonds is 2. The molecule has 0 atom stereocenters. The predicted octanol–water partition coefficient (Wildman–Crippen LogP) is 8.05. The SMILES string of the molecule is C.CC(C)(C)C1CCN(C(C)(C)C)CC1.CC(C)(C)[CH-]C[CH-]C(C)(C)C.[Y]. The first-order valence-electron chi connectivity index (χ1n) is 10.4. The topological polar surface area (TPSA) is 3.24 Å². The van der Waals surface area contributed by atoms with Gasteiger partial charge in [0.2, 0.25) is 0 Å². The Labute approximate surface area is 200 Å². The average Bonchev–Trinajstić information content (AvgIpc) is 2.34. The van der Waals surface area contributed by atoms with Gasteiger partial charge in [-0.2, -0.15) is 10.8 Å². The second kappa shape index (κ2) is 12.7. The summed E-state index contributed by atoms with van der Waals surface area (Å²) in [4.78, 5) is 2.62. The molecule has 1 radical (unpaired) electrons. The zero-order valence-electron chi connectivity index (χ0n) is 20.3. The smallest absolute Gasteiger partial charge is 0.0125 e. The van der Waals surface area contributed by atoms with Crippen LogP contribution in [-0.2, 0) is 32.7 Å². The summed E-state index contributed by atoms with van der Waals surface area (Å²) >= 11 is 0. The molecule has 2 heteroatoms. The molecule has 0 bridgehead atoms. The van der Waals surface area contributed by atoms with Crippen molar-refractivity contribution in [2.45, 2.75) is 115 Å². The van der Waals surface area contributed by atoms with E-state index in [1.807, 2.05) is 0 Å². The molecule has 1 fully saturated rings. The molecule has 163 valence electrons. The molecule has 0 saturated carbocycles. The van der Waals surface area contributed by atoms with E-state index in [1.54, 1.807) is 0 Å². The van der Waals surface area contributed by atoms with Crippen LogP contribution in [0.4, 0.5) is 0 Å². The summed E-state index contributed by atoms with van der Waals surface area (Å²) in [6, 6.07) is 0. The van der Waals surface area contributed by atoms with Gasteiger partial charge in [0, 0.05) is 38.2 Å². The van der Waals surface area contributed by atoms with Crippen molar-refractivity contribution in [3.8, 4) is 0 Å². The van der Waals surface area contributed by atoms with Crippen LogP contribution in [0.5, 0.6) is 0 Å². The summed E-state index contributed by atoms with van der Waals surface area (Å²) in [6.45, 7) is 30.1. The number of likely N-dealkylation sites (tertiary alicyclic amines) is 1. The fraction of sp³-hybridized carbons (Fsp3) is 0.920. The molecule has 1 nitrogen and oxygen atoms in total. The summed E-state index contributed by atoms with van der Waals surface area (Å²) in [5.41, 5.74) is 1.59. The molecular formula is C25H53NY-2. The van der Waals surface area contributed by atoms with E-state index in [1.165, 1.54) is 25.9 Å². The molecule has 27 heavy (non-hydrogen) atoms. The molecule has 0 N–H and O–H groups in total. The summed E-state index contributed by atoms with van der Waals surface area (Å²) in [6.07, 6.45) is 8.59. The maximum Gasteiger partial charge on any atom is 0.0125 e. The largest absolute Gasteiger partial charge is 0.352 e. The van der Waals surface area contributed by atoms with Crippen LogP contribution >= 0.6 is 0 Å². The normalized spacial score (nSPS) is 17.3. The van der Waals surface area contributed by atoms with Gasteiger partial charge in [0.1, 0.15) is 0 Å². The van der Waals surface area contributed by atoms with Gasteiger partial charge in [0.05, 0.1) is 0 Å². The molecule has 1 aliphatic rings. The number of piperidine rings is 1. The van der Waals surface area contributed by atoms with E-state index in [0.717, 1.165) is 12.3 Å². The monoisotopic (exact) mass is 456 g/mol. The van der Waals surface area contributed by atoms with E-state index in [-0.39, 0.29) is 40.1 Å². The van der Waals surface area contributed by atoms with E-state index in [0.29, 0.717) is 21.8 Å². The minimum absolute atomic E-state index is 0. The molecule has 0 aromatic rings. The van der Waals surface area contributed by atoms with Crippen molar-refractivity contribution in [2.24, 2.45) is 22.2 Å². The third kappa shape index (κ3) is 17.6. The standard InChI is InChI=1S/C13H27N.C11H22.CH4.Y/c1-12(2,3)11-7-9-14(10-8-11)13(4,5)6;1-10(2,3)8-7-9-11(4,5)6;;/h11H,7-10H2,1-6H3;8-9H,7H2,1-6H3;1H4;/q;-2;;. The Morgan fingerprint density at radius 3 is 1.26 bits per heavy atom. The quantitative estimate of drug-likeness (QED) is 0.380. The first-order valence-corrected chi connectivity index (χ1v) is 10.4. The van der Waals surface area contributed by atoms with Crippen LogP contribution in [0.3, 0.4) is 0 Å². The van der Waals surface area contributed by atoms with Gasteiger partial charge in [-0.15, -0.1) is 0 Å². The van der Waals surface area contributed by atoms with Gasteiger partial charge >= 0.3 is 0 Å². The van der Waals surface area contributed by atoms with Gasteiger partial charge in [-0.25, -0.2) is 0 Å². The first-order chi connectivity index (χ1) is 10.9. The molecule has 0 aliphatic carbocycles. The van der Waals surface area contributed by atoms with Crippen molar-refractivity contribution in [3.63, 3.8) is 0 Å². The van der Waals surface area contributed by atoms with Gasteiger partial charge in [0.15, 0.2) is 0 Å². The Kier molecular flexibility index (Phi) is 15.4. The third-order valence-electron chi connectivity index (χ3n) is 5.13. The first kappa shape index (κ1) is 32.7. The molecule has 1 saturated heterocycles. The van der Waals surface area contributed by atoms with Crippen molar-refractivity contribution in [1.82, 2.24) is 4.90 Å². The Balaban J connectivity index is -0.000000408. The zero-order chi connectivity index (χ0) is 20.1. The van der Waals surface area contributed by atoms with Gasteiger partial charge in [0.25, 0.3) is 0 Å². The zero-order valence-corrected chi connectivity index (χ0v) is 23.1. The van der Waals surface area contributed by atoms with Crippen molar-refractivity contribution in [3.05, 3.63) is 12.8 Å². The fourth-order valence-corrected chi connectivity index (χ4v) is 3.18. The van der Waals surface area contributed by atoms with Crippen molar-refractivity contribution >= 4 is 0 Å². The summed E-state index contributed by atoms with van der Waals surface area (Å²) in [5.74, 6) is 0.918. The second-order valence-corrected chi connectivity index (χ2v) is 12.2. The molecule has 0 aromatic heterocycles. The van der Waals surface area contributed by atoms with E-state index in [2.05, 4.69) is 101 Å². The Morgan fingerprint density at radius 1 is 0.704 bits per heavy atom. The Bertz CT molecular complexity index is 316. The molecule has 1 aliphatic heterocycles. The fourth-order valence-electron chi connectivity index (χ4n) is 3.18. The van der Waals surface area contributed by atoms with Gasteiger partial charge in [-0.3, -0.25) is 4.90 Å². The van der Waals surface area contributed by atoms with E-state index in [4.69, 9.17) is 0 Å². The average molecular weight is 457 g/mol. The van der Waals surface area contributed by atoms with E-state index >= 15 is 0 Å². The van der Waals surface area contributed by atoms with Crippen LogP contribution in [0, 0.1) is 35.0 Å². The van der Waals surface area contributed by atoms with Crippen LogP contribution < -0.4 is 0 Å². The molecule has 0 amide bonds. The van der Waals surface area contributed by atoms with Crippen LogP contribution in [-0.4, -0.2) is 23.5 Å². The van der Waals surface area contributed by atoms with E-state index in [9.17, 15) is 0 Å². The van der Waals surface area contributed by atoms with E-state index < -0.39 is 0 Å². The molecular weight excluding hydrogens is 403 g/mol. The number of nitrogens with zero attached hydrogens (tertiary/aromatic N) is 1. The van der Waals surface area contributed by atoms with Crippen molar-refractivity contribution in [2.75, 3.05) is 13.1 Å². The molecule has 0 spiro atoms. The van der Waals surface area contributed by atoms with Crippen LogP contribution in [0.1, 0.15) is 110 Å². The Hall–Kier alpha value is 1.06. The number of hydrogen-bond donors (Lipinski definition) is 0. The van der Waals surface area contributed by atoms with Gasteiger partial charge in [-0.05, 0) is 58.0 Å². The maximum atomic E-state index is 2.62. The number of hydrogen-bond acceptors (Lipinski definition) is 1. The van der Waals surface area contributed by atoms with Crippen LogP contribution in [0.15, 0.2) is 0 Å². The minimum Gasteiger partial charge on any atom is -0.352 e. The molecule has 0 unspecified atom stereocenters. The summed E-state index contributed by atoms with van der Waals surface area (Å²) in [5, 5.41) is 0. The van der Waals surface area contributed by atoms with Crippen molar-refractivity contribution in [1.29, 1.82) is 0 Å². The Morgan fingerprint density at radius 2 is 1.04 bits per heavy atom. The van der Waals surface area contributed by atoms with Crippen molar-refractivity contribution < 1.29 is 32.7 Å². The van der Waals surface area contributed by atoms with Crippen LogP contribution in [0.2, 0.25) is 0 Å². The molecule has 1 rings (SSSR count). The molecule has 0 aromatic carbocycles. The maximum absolute atomic E-state index is 2.62. The summed E-state index contributed by atoms with van der Waals surface area (Å²) in [7, 11) is 0. The van der Waals surface area contributed by atoms with Gasteiger partial charge < -0.3 is 19.3 Å². The summed E-state index contributed by atoms with van der Waals surface area (Å²) < 4.78 is 0. The molecule has 1 heterocycles.